The lowest BCUT2D eigenvalue weighted by molar-refractivity contribution is -0.139. The van der Waals surface area contributed by atoms with Crippen LogP contribution in [0.3, 0.4) is 0 Å². The maximum atomic E-state index is 14.5. The number of carbonyl (C=O) groups is 5. The number of carboxylic acid groups (broad SMARTS) is 2. The number of ether oxygens (including phenoxy) is 1. The number of anilines is 3. The van der Waals surface area contributed by atoms with Gasteiger partial charge in [0.2, 0.25) is 21.8 Å². The van der Waals surface area contributed by atoms with Crippen LogP contribution in [0.2, 0.25) is 5.02 Å². The van der Waals surface area contributed by atoms with E-state index in [1.807, 2.05) is 58.0 Å². The number of aromatic nitrogens is 1. The summed E-state index contributed by atoms with van der Waals surface area (Å²) in [6.45, 7) is 8.27. The molecular formula is C51H51ClN6O11S2. The number of amides is 3. The van der Waals surface area contributed by atoms with Crippen LogP contribution in [0.15, 0.2) is 77.2 Å². The summed E-state index contributed by atoms with van der Waals surface area (Å²) in [7, 11) is -3.89. The minimum atomic E-state index is -3.89. The molecule has 0 aliphatic carbocycles. The zero-order valence-corrected chi connectivity index (χ0v) is 41.7. The van der Waals surface area contributed by atoms with Crippen molar-refractivity contribution in [3.63, 3.8) is 0 Å². The van der Waals surface area contributed by atoms with Crippen LogP contribution in [0.4, 0.5) is 17.4 Å². The van der Waals surface area contributed by atoms with Gasteiger partial charge in [-0.2, -0.15) is 9.29 Å². The molecule has 0 radical (unpaired) electrons. The number of halogens is 1. The summed E-state index contributed by atoms with van der Waals surface area (Å²) < 4.78 is 42.2. The molecule has 4 aliphatic heterocycles. The Morgan fingerprint density at radius 1 is 0.958 bits per heavy atom. The van der Waals surface area contributed by atoms with Crippen LogP contribution in [-0.4, -0.2) is 100 Å². The summed E-state index contributed by atoms with van der Waals surface area (Å²) in [6.07, 6.45) is 2.99. The number of hydrogen-bond acceptors (Lipinski definition) is 13. The number of hydrogen-bond donors (Lipinski definition) is 4. The van der Waals surface area contributed by atoms with Crippen molar-refractivity contribution in [1.82, 2.24) is 14.6 Å². The number of piperidine rings is 3. The van der Waals surface area contributed by atoms with Crippen molar-refractivity contribution in [2.75, 3.05) is 34.8 Å². The van der Waals surface area contributed by atoms with Gasteiger partial charge in [-0.25, -0.2) is 18.0 Å². The van der Waals surface area contributed by atoms with Crippen molar-refractivity contribution in [2.24, 2.45) is 0 Å². The van der Waals surface area contributed by atoms with Gasteiger partial charge in [-0.05, 0) is 124 Å². The highest BCUT2D eigenvalue weighted by atomic mass is 35.5. The second-order valence-electron chi connectivity index (χ2n) is 20.0. The number of aliphatic carboxylic acids is 1. The Hall–Kier alpha value is -6.54. The average Bonchev–Trinajstić information content (AvgIpc) is 3.96. The van der Waals surface area contributed by atoms with Crippen LogP contribution in [0.1, 0.15) is 103 Å². The molecule has 10 rings (SSSR count). The van der Waals surface area contributed by atoms with Crippen LogP contribution in [0, 0.1) is 0 Å². The van der Waals surface area contributed by atoms with E-state index in [9.17, 15) is 37.5 Å². The fourth-order valence-electron chi connectivity index (χ4n) is 11.6. The first kappa shape index (κ1) is 48.1. The standard InChI is InChI=1S/C51H51ClN6O11S2/c1-50(2)23-31(53-30-8-5-7-29(22-30)44-42(52)43(68-25-40(60)61)45(70-44)48(64)65)24-51(3,4)58(50)71(66,67)26-27-11-15-38-35(21-27)54-49(69-38)56-19-17-28(18-20-56)32-12-13-36-41-33(32)9-6-10-34(41)47(63)57(36)37-14-16-39(59)55-46(37)62/h5-13,15,21-22,28,31,37,53H,14,16-20,23-26H2,1-4H3,(H,60,61)(H,64,65)(H,55,59,62). The van der Waals surface area contributed by atoms with E-state index < -0.39 is 51.6 Å². The van der Waals surface area contributed by atoms with Crippen LogP contribution in [-0.2, 0) is 30.2 Å². The number of nitrogens with one attached hydrogen (secondary N) is 2. The zero-order chi connectivity index (χ0) is 50.3. The van der Waals surface area contributed by atoms with E-state index in [1.54, 1.807) is 45.6 Å². The lowest BCUT2D eigenvalue weighted by Crippen LogP contribution is -2.64. The molecule has 17 nitrogen and oxygen atoms in total. The van der Waals surface area contributed by atoms with Crippen molar-refractivity contribution < 1.29 is 51.8 Å². The smallest absolute Gasteiger partial charge is 0.349 e. The van der Waals surface area contributed by atoms with Crippen molar-refractivity contribution >= 4 is 102 Å². The molecule has 0 spiro atoms. The SMILES string of the molecule is CC1(C)CC(Nc2cccc(-c3sc(C(=O)O)c(OCC(=O)O)c3Cl)c2)CC(C)(C)N1S(=O)(=O)Cc1ccc2oc(N3CCC(c4ccc5c6c(cccc46)C(=O)N5C4CCC(=O)NC4=O)CC3)nc2c1. The third-order valence-corrected chi connectivity index (χ3v) is 17.9. The molecule has 2 aromatic heterocycles. The number of aromatic carboxylic acids is 1. The minimum Gasteiger partial charge on any atom is -0.479 e. The molecule has 3 fully saturated rings. The summed E-state index contributed by atoms with van der Waals surface area (Å²) in [5.74, 6) is -3.85. The van der Waals surface area contributed by atoms with E-state index in [0.29, 0.717) is 76.0 Å². The number of benzene rings is 4. The van der Waals surface area contributed by atoms with Crippen molar-refractivity contribution in [2.45, 2.75) is 101 Å². The van der Waals surface area contributed by atoms with Gasteiger partial charge in [0.05, 0.1) is 16.3 Å². The molecule has 6 aromatic rings. The number of nitrogens with zero attached hydrogens (tertiary/aromatic N) is 4. The van der Waals surface area contributed by atoms with E-state index in [1.165, 1.54) is 0 Å². The Morgan fingerprint density at radius 3 is 2.39 bits per heavy atom. The van der Waals surface area contributed by atoms with E-state index in [2.05, 4.69) is 21.6 Å². The Morgan fingerprint density at radius 2 is 1.69 bits per heavy atom. The second-order valence-corrected chi connectivity index (χ2v) is 23.2. The Kier molecular flexibility index (Phi) is 12.2. The van der Waals surface area contributed by atoms with E-state index >= 15 is 0 Å². The van der Waals surface area contributed by atoms with Gasteiger partial charge in [-0.3, -0.25) is 24.6 Å². The van der Waals surface area contributed by atoms with Gasteiger partial charge in [0.25, 0.3) is 11.9 Å². The number of rotatable bonds is 13. The first-order valence-electron chi connectivity index (χ1n) is 23.4. The van der Waals surface area contributed by atoms with Gasteiger partial charge in [0, 0.05) is 53.3 Å². The lowest BCUT2D eigenvalue weighted by Gasteiger charge is -2.54. The minimum absolute atomic E-state index is 0.00248. The largest absolute Gasteiger partial charge is 0.479 e. The Labute approximate surface area is 417 Å². The van der Waals surface area contributed by atoms with E-state index in [0.717, 1.165) is 40.5 Å². The highest BCUT2D eigenvalue weighted by Gasteiger charge is 2.51. The normalized spacial score (nSPS) is 19.7. The van der Waals surface area contributed by atoms with Gasteiger partial charge in [-0.1, -0.05) is 48.0 Å². The molecule has 1 atom stereocenters. The Bertz CT molecular complexity index is 3310. The maximum Gasteiger partial charge on any atom is 0.349 e. The molecule has 4 aromatic carbocycles. The van der Waals surface area contributed by atoms with E-state index in [-0.39, 0.29) is 58.0 Å². The van der Waals surface area contributed by atoms with Gasteiger partial charge in [-0.15, -0.1) is 11.3 Å². The predicted molar refractivity (Wildman–Crippen MR) is 269 cm³/mol. The highest BCUT2D eigenvalue weighted by molar-refractivity contribution is 7.88. The van der Waals surface area contributed by atoms with Crippen molar-refractivity contribution in [3.8, 4) is 16.2 Å². The fraction of sp³-hybridized carbons (Fsp3) is 0.373. The molecule has 370 valence electrons. The lowest BCUT2D eigenvalue weighted by atomic mass is 9.79. The summed E-state index contributed by atoms with van der Waals surface area (Å²) in [4.78, 5) is 70.2. The van der Waals surface area contributed by atoms with Gasteiger partial charge < -0.3 is 29.6 Å². The van der Waals surface area contributed by atoms with Crippen LogP contribution in [0.5, 0.6) is 5.75 Å². The second kappa shape index (κ2) is 17.9. The summed E-state index contributed by atoms with van der Waals surface area (Å²) in [5, 5.41) is 26.7. The first-order chi connectivity index (χ1) is 33.7. The van der Waals surface area contributed by atoms with Crippen molar-refractivity contribution in [3.05, 3.63) is 99.4 Å². The topological polar surface area (TPSA) is 229 Å². The summed E-state index contributed by atoms with van der Waals surface area (Å²) >= 11 is 7.46. The Balaban J connectivity index is 0.802. The number of sulfonamides is 1. The van der Waals surface area contributed by atoms with Crippen LogP contribution < -0.4 is 25.2 Å². The summed E-state index contributed by atoms with van der Waals surface area (Å²) in [5.41, 5.74) is 3.76. The van der Waals surface area contributed by atoms with Crippen LogP contribution >= 0.6 is 22.9 Å². The third kappa shape index (κ3) is 8.86. The molecule has 0 saturated carbocycles. The maximum absolute atomic E-state index is 14.5. The molecule has 1 unspecified atom stereocenters. The predicted octanol–water partition coefficient (Wildman–Crippen LogP) is 8.64. The summed E-state index contributed by atoms with van der Waals surface area (Å²) in [6, 6.07) is 21.8. The quantitative estimate of drug-likeness (QED) is 0.0794. The molecule has 4 aliphatic rings. The average molecular weight is 1020 g/mol. The first-order valence-corrected chi connectivity index (χ1v) is 26.2. The molecule has 0 bridgehead atoms. The number of carbonyl (C=O) groups excluding carboxylic acids is 3. The van der Waals surface area contributed by atoms with Gasteiger partial charge >= 0.3 is 11.9 Å². The molecule has 3 saturated heterocycles. The zero-order valence-electron chi connectivity index (χ0n) is 39.3. The molecule has 6 heterocycles. The number of carboxylic acids is 2. The molecule has 20 heteroatoms. The van der Waals surface area contributed by atoms with Crippen molar-refractivity contribution in [1.29, 1.82) is 0 Å². The van der Waals surface area contributed by atoms with E-state index in [4.69, 9.17) is 30.8 Å². The van der Waals surface area contributed by atoms with Crippen LogP contribution in [0.25, 0.3) is 32.3 Å². The monoisotopic (exact) mass is 1020 g/mol. The molecular weight excluding hydrogens is 972 g/mol. The number of fused-ring (bicyclic) bond motifs is 1. The third-order valence-electron chi connectivity index (χ3n) is 14.0. The number of oxazole rings is 1. The molecule has 71 heavy (non-hydrogen) atoms. The van der Waals surface area contributed by atoms with Gasteiger partial charge in [0.1, 0.15) is 16.6 Å². The highest BCUT2D eigenvalue weighted by Crippen LogP contribution is 2.48. The number of imide groups is 1. The molecule has 3 amide bonds. The number of thiophene rings is 1. The molecule has 4 N–H and O–H groups in total. The fourth-order valence-corrected chi connectivity index (χ4v) is 15.3. The van der Waals surface area contributed by atoms with Gasteiger partial charge in [0.15, 0.2) is 22.8 Å².